The van der Waals surface area contributed by atoms with Crippen LogP contribution in [0.5, 0.6) is 0 Å². The second-order valence-corrected chi connectivity index (χ2v) is 5.35. The fourth-order valence-corrected chi connectivity index (χ4v) is 2.09. The minimum Gasteiger partial charge on any atom is -0.342 e. The molecule has 0 radical (unpaired) electrons. The zero-order chi connectivity index (χ0) is 15.6. The number of carbonyl (C=O) groups excluding carboxylic acids is 1. The van der Waals surface area contributed by atoms with Crippen molar-refractivity contribution >= 4 is 5.91 Å². The van der Waals surface area contributed by atoms with Crippen molar-refractivity contribution in [1.29, 1.82) is 0 Å². The minimum absolute atomic E-state index is 0.211. The third kappa shape index (κ3) is 3.26. The standard InChI is InChI=1S/C15H19FN4O/c1-9(2)20-8-17-19-14(20)11(4)18-15(21)12-5-6-13(16)10(3)7-12/h5-9,11H,1-4H3,(H,18,21). The molecule has 6 heteroatoms. The maximum absolute atomic E-state index is 13.2. The Kier molecular flexibility index (Phi) is 4.35. The summed E-state index contributed by atoms with van der Waals surface area (Å²) in [6, 6.07) is 4.23. The summed E-state index contributed by atoms with van der Waals surface area (Å²) < 4.78 is 15.1. The zero-order valence-corrected chi connectivity index (χ0v) is 12.6. The maximum Gasteiger partial charge on any atom is 0.251 e. The Labute approximate surface area is 123 Å². The van der Waals surface area contributed by atoms with Crippen LogP contribution in [-0.2, 0) is 0 Å². The number of hydrogen-bond acceptors (Lipinski definition) is 3. The van der Waals surface area contributed by atoms with Gasteiger partial charge < -0.3 is 9.88 Å². The van der Waals surface area contributed by atoms with E-state index in [-0.39, 0.29) is 23.8 Å². The van der Waals surface area contributed by atoms with Gasteiger partial charge in [-0.05, 0) is 51.5 Å². The van der Waals surface area contributed by atoms with E-state index in [1.807, 2.05) is 25.3 Å². The number of carbonyl (C=O) groups is 1. The minimum atomic E-state index is -0.320. The molecule has 0 saturated heterocycles. The molecule has 0 fully saturated rings. The molecule has 0 bridgehead atoms. The summed E-state index contributed by atoms with van der Waals surface area (Å²) >= 11 is 0. The maximum atomic E-state index is 13.2. The molecular weight excluding hydrogens is 271 g/mol. The van der Waals surface area contributed by atoms with Crippen LogP contribution in [0.2, 0.25) is 0 Å². The van der Waals surface area contributed by atoms with Crippen molar-refractivity contribution in [3.8, 4) is 0 Å². The molecule has 0 aliphatic carbocycles. The fourth-order valence-electron chi connectivity index (χ4n) is 2.09. The number of nitrogens with one attached hydrogen (secondary N) is 1. The summed E-state index contributed by atoms with van der Waals surface area (Å²) in [4.78, 5) is 12.2. The first kappa shape index (κ1) is 15.2. The third-order valence-electron chi connectivity index (χ3n) is 3.31. The molecular formula is C15H19FN4O. The summed E-state index contributed by atoms with van der Waals surface area (Å²) in [7, 11) is 0. The number of aryl methyl sites for hydroxylation is 1. The Morgan fingerprint density at radius 1 is 1.33 bits per heavy atom. The molecule has 0 saturated carbocycles. The number of amides is 1. The van der Waals surface area contributed by atoms with E-state index < -0.39 is 0 Å². The zero-order valence-electron chi connectivity index (χ0n) is 12.6. The number of rotatable bonds is 4. The second-order valence-electron chi connectivity index (χ2n) is 5.35. The van der Waals surface area contributed by atoms with E-state index in [9.17, 15) is 9.18 Å². The van der Waals surface area contributed by atoms with Crippen LogP contribution in [0.4, 0.5) is 4.39 Å². The van der Waals surface area contributed by atoms with Crippen LogP contribution in [0, 0.1) is 12.7 Å². The molecule has 1 unspecified atom stereocenters. The molecule has 2 rings (SSSR count). The van der Waals surface area contributed by atoms with Crippen LogP contribution in [0.1, 0.15) is 54.6 Å². The number of hydrogen-bond donors (Lipinski definition) is 1. The van der Waals surface area contributed by atoms with E-state index in [4.69, 9.17) is 0 Å². The molecule has 21 heavy (non-hydrogen) atoms. The molecule has 0 spiro atoms. The van der Waals surface area contributed by atoms with Gasteiger partial charge >= 0.3 is 0 Å². The molecule has 2 aromatic rings. The highest BCUT2D eigenvalue weighted by molar-refractivity contribution is 5.94. The van der Waals surface area contributed by atoms with Crippen molar-refractivity contribution in [2.45, 2.75) is 39.8 Å². The van der Waals surface area contributed by atoms with Gasteiger partial charge in [0.25, 0.3) is 5.91 Å². The molecule has 1 N–H and O–H groups in total. The second kappa shape index (κ2) is 6.03. The molecule has 1 heterocycles. The highest BCUT2D eigenvalue weighted by Gasteiger charge is 2.18. The van der Waals surface area contributed by atoms with Crippen molar-refractivity contribution in [2.24, 2.45) is 0 Å². The normalized spacial score (nSPS) is 12.5. The quantitative estimate of drug-likeness (QED) is 0.942. The summed E-state index contributed by atoms with van der Waals surface area (Å²) in [6.45, 7) is 7.51. The number of nitrogens with zero attached hydrogens (tertiary/aromatic N) is 3. The van der Waals surface area contributed by atoms with Gasteiger partial charge in [-0.3, -0.25) is 4.79 Å². The van der Waals surface area contributed by atoms with Gasteiger partial charge in [0.15, 0.2) is 5.82 Å². The van der Waals surface area contributed by atoms with E-state index in [0.29, 0.717) is 17.0 Å². The van der Waals surface area contributed by atoms with Gasteiger partial charge in [0.2, 0.25) is 0 Å². The lowest BCUT2D eigenvalue weighted by molar-refractivity contribution is 0.0937. The van der Waals surface area contributed by atoms with E-state index >= 15 is 0 Å². The van der Waals surface area contributed by atoms with Crippen LogP contribution < -0.4 is 5.32 Å². The van der Waals surface area contributed by atoms with E-state index in [1.165, 1.54) is 18.2 Å². The first-order chi connectivity index (χ1) is 9.90. The number of benzene rings is 1. The Bertz CT molecular complexity index is 651. The predicted octanol–water partition coefficient (Wildman–Crippen LogP) is 2.80. The third-order valence-corrected chi connectivity index (χ3v) is 3.31. The van der Waals surface area contributed by atoms with Gasteiger partial charge in [-0.1, -0.05) is 0 Å². The number of halogens is 1. The monoisotopic (exact) mass is 290 g/mol. The highest BCUT2D eigenvalue weighted by Crippen LogP contribution is 2.15. The van der Waals surface area contributed by atoms with Crippen molar-refractivity contribution in [2.75, 3.05) is 0 Å². The molecule has 1 amide bonds. The smallest absolute Gasteiger partial charge is 0.251 e. The lowest BCUT2D eigenvalue weighted by atomic mass is 10.1. The Balaban J connectivity index is 2.15. The number of aromatic nitrogens is 3. The van der Waals surface area contributed by atoms with E-state index in [2.05, 4.69) is 15.5 Å². The molecule has 1 atom stereocenters. The fraction of sp³-hybridized carbons (Fsp3) is 0.400. The topological polar surface area (TPSA) is 59.8 Å². The molecule has 5 nitrogen and oxygen atoms in total. The Hall–Kier alpha value is -2.24. The van der Waals surface area contributed by atoms with Gasteiger partial charge in [0.05, 0.1) is 6.04 Å². The van der Waals surface area contributed by atoms with Crippen molar-refractivity contribution < 1.29 is 9.18 Å². The predicted molar refractivity (Wildman–Crippen MR) is 77.4 cm³/mol. The summed E-state index contributed by atoms with van der Waals surface area (Å²) in [5.74, 6) is 0.111. The lowest BCUT2D eigenvalue weighted by Gasteiger charge is -2.17. The van der Waals surface area contributed by atoms with Crippen LogP contribution in [0.15, 0.2) is 24.5 Å². The first-order valence-corrected chi connectivity index (χ1v) is 6.86. The van der Waals surface area contributed by atoms with Crippen LogP contribution in [0.3, 0.4) is 0 Å². The average Bonchev–Trinajstić information content (AvgIpc) is 2.91. The molecule has 112 valence electrons. The van der Waals surface area contributed by atoms with Crippen LogP contribution in [-0.4, -0.2) is 20.7 Å². The van der Waals surface area contributed by atoms with Crippen molar-refractivity contribution in [1.82, 2.24) is 20.1 Å². The molecule has 0 aliphatic rings. The Morgan fingerprint density at radius 3 is 2.67 bits per heavy atom. The van der Waals surface area contributed by atoms with Crippen LogP contribution in [0.25, 0.3) is 0 Å². The van der Waals surface area contributed by atoms with Gasteiger partial charge in [-0.25, -0.2) is 4.39 Å². The van der Waals surface area contributed by atoms with E-state index in [1.54, 1.807) is 13.3 Å². The molecule has 1 aromatic heterocycles. The van der Waals surface area contributed by atoms with Crippen molar-refractivity contribution in [3.63, 3.8) is 0 Å². The first-order valence-electron chi connectivity index (χ1n) is 6.86. The van der Waals surface area contributed by atoms with Gasteiger partial charge in [-0.15, -0.1) is 10.2 Å². The summed E-state index contributed by atoms with van der Waals surface area (Å²) in [5.41, 5.74) is 0.872. The Morgan fingerprint density at radius 2 is 2.05 bits per heavy atom. The van der Waals surface area contributed by atoms with Crippen LogP contribution >= 0.6 is 0 Å². The summed E-state index contributed by atoms with van der Waals surface area (Å²) in [5, 5.41) is 10.8. The van der Waals surface area contributed by atoms with Gasteiger partial charge in [-0.2, -0.15) is 0 Å². The SMILES string of the molecule is Cc1cc(C(=O)NC(C)c2nncn2C(C)C)ccc1F. The highest BCUT2D eigenvalue weighted by atomic mass is 19.1. The van der Waals surface area contributed by atoms with Gasteiger partial charge in [0, 0.05) is 11.6 Å². The lowest BCUT2D eigenvalue weighted by Crippen LogP contribution is -2.29. The largest absolute Gasteiger partial charge is 0.342 e. The molecule has 1 aromatic carbocycles. The van der Waals surface area contributed by atoms with Gasteiger partial charge in [0.1, 0.15) is 12.1 Å². The summed E-state index contributed by atoms with van der Waals surface area (Å²) in [6.07, 6.45) is 1.64. The van der Waals surface area contributed by atoms with E-state index in [0.717, 1.165) is 0 Å². The van der Waals surface area contributed by atoms with Crippen molar-refractivity contribution in [3.05, 3.63) is 47.3 Å². The molecule has 0 aliphatic heterocycles. The average molecular weight is 290 g/mol.